The predicted molar refractivity (Wildman–Crippen MR) is 106 cm³/mol. The standard InChI is InChI=1S/C21H24N4O/c22-16-9-12-18-19(13-16)25-20(24-18)14-7-10-17(11-8-14)23-21(26)15-5-3-1-2-4-6-15/h7-13,15H,1-6,22H2,(H,23,26)(H,24,25). The van der Waals surface area contributed by atoms with Crippen molar-refractivity contribution in [3.8, 4) is 11.4 Å². The van der Waals surface area contributed by atoms with Gasteiger partial charge in [-0.2, -0.15) is 0 Å². The van der Waals surface area contributed by atoms with Crippen LogP contribution in [0.15, 0.2) is 42.5 Å². The molecule has 1 aromatic heterocycles. The molecule has 3 aromatic rings. The number of imidazole rings is 1. The number of nitrogen functional groups attached to an aromatic ring is 1. The average Bonchev–Trinajstić information content (AvgIpc) is 2.87. The first-order valence-corrected chi connectivity index (χ1v) is 9.35. The van der Waals surface area contributed by atoms with Crippen molar-refractivity contribution in [1.82, 2.24) is 9.97 Å². The van der Waals surface area contributed by atoms with Crippen LogP contribution in [0.3, 0.4) is 0 Å². The van der Waals surface area contributed by atoms with Crippen LogP contribution < -0.4 is 11.1 Å². The van der Waals surface area contributed by atoms with Crippen LogP contribution in [0.5, 0.6) is 0 Å². The summed E-state index contributed by atoms with van der Waals surface area (Å²) in [5.74, 6) is 1.10. The van der Waals surface area contributed by atoms with Crippen molar-refractivity contribution < 1.29 is 4.79 Å². The minimum atomic E-state index is 0.151. The van der Waals surface area contributed by atoms with Crippen molar-refractivity contribution in [3.63, 3.8) is 0 Å². The second kappa shape index (κ2) is 7.20. The Balaban J connectivity index is 1.48. The lowest BCUT2D eigenvalue weighted by Gasteiger charge is -2.14. The normalized spacial score (nSPS) is 15.7. The largest absolute Gasteiger partial charge is 0.399 e. The van der Waals surface area contributed by atoms with Gasteiger partial charge in [0.2, 0.25) is 5.91 Å². The van der Waals surface area contributed by atoms with Gasteiger partial charge >= 0.3 is 0 Å². The predicted octanol–water partition coefficient (Wildman–Crippen LogP) is 4.72. The van der Waals surface area contributed by atoms with Gasteiger partial charge < -0.3 is 16.0 Å². The van der Waals surface area contributed by atoms with Crippen molar-refractivity contribution in [3.05, 3.63) is 42.5 Å². The molecule has 1 saturated carbocycles. The molecule has 2 aromatic carbocycles. The Bertz CT molecular complexity index is 905. The number of fused-ring (bicyclic) bond motifs is 1. The van der Waals surface area contributed by atoms with E-state index in [0.717, 1.165) is 53.8 Å². The number of benzene rings is 2. The van der Waals surface area contributed by atoms with E-state index in [1.165, 1.54) is 12.8 Å². The topological polar surface area (TPSA) is 83.8 Å². The molecule has 0 saturated heterocycles. The van der Waals surface area contributed by atoms with Crippen LogP contribution in [0, 0.1) is 5.92 Å². The van der Waals surface area contributed by atoms with E-state index in [1.54, 1.807) is 0 Å². The zero-order chi connectivity index (χ0) is 17.9. The van der Waals surface area contributed by atoms with E-state index in [9.17, 15) is 4.79 Å². The number of aromatic nitrogens is 2. The van der Waals surface area contributed by atoms with E-state index in [4.69, 9.17) is 5.73 Å². The number of H-pyrrole nitrogens is 1. The summed E-state index contributed by atoms with van der Waals surface area (Å²) in [4.78, 5) is 20.4. The summed E-state index contributed by atoms with van der Waals surface area (Å²) in [6.45, 7) is 0. The Labute approximate surface area is 153 Å². The molecule has 1 fully saturated rings. The van der Waals surface area contributed by atoms with Gasteiger partial charge in [0.1, 0.15) is 5.82 Å². The quantitative estimate of drug-likeness (QED) is 0.473. The zero-order valence-electron chi connectivity index (χ0n) is 14.8. The van der Waals surface area contributed by atoms with Crippen molar-refractivity contribution in [2.45, 2.75) is 38.5 Å². The lowest BCUT2D eigenvalue weighted by atomic mass is 9.99. The highest BCUT2D eigenvalue weighted by Gasteiger charge is 2.20. The van der Waals surface area contributed by atoms with E-state index in [0.29, 0.717) is 5.69 Å². The van der Waals surface area contributed by atoms with Crippen LogP contribution in [0.25, 0.3) is 22.4 Å². The SMILES string of the molecule is Nc1ccc2nc(-c3ccc(NC(=O)C4CCCCCC4)cc3)[nH]c2c1. The number of anilines is 2. The van der Waals surface area contributed by atoms with Crippen molar-refractivity contribution >= 4 is 28.3 Å². The first kappa shape index (κ1) is 16.6. The summed E-state index contributed by atoms with van der Waals surface area (Å²) in [7, 11) is 0. The Morgan fingerprint density at radius 3 is 2.50 bits per heavy atom. The van der Waals surface area contributed by atoms with Gasteiger partial charge in [-0.25, -0.2) is 4.98 Å². The van der Waals surface area contributed by atoms with Crippen molar-refractivity contribution in [1.29, 1.82) is 0 Å². The first-order valence-electron chi connectivity index (χ1n) is 9.35. The summed E-state index contributed by atoms with van der Waals surface area (Å²) in [6.07, 6.45) is 6.84. The van der Waals surface area contributed by atoms with Gasteiger partial charge in [-0.3, -0.25) is 4.79 Å². The fourth-order valence-electron chi connectivity index (χ4n) is 3.66. The Morgan fingerprint density at radius 2 is 1.77 bits per heavy atom. The zero-order valence-corrected chi connectivity index (χ0v) is 14.8. The minimum absolute atomic E-state index is 0.151. The molecule has 4 rings (SSSR count). The number of carbonyl (C=O) groups excluding carboxylic acids is 1. The summed E-state index contributed by atoms with van der Waals surface area (Å²) in [5, 5.41) is 3.07. The summed E-state index contributed by atoms with van der Waals surface area (Å²) in [5.41, 5.74) is 10.2. The van der Waals surface area contributed by atoms with Crippen LogP contribution in [-0.4, -0.2) is 15.9 Å². The van der Waals surface area contributed by atoms with Crippen LogP contribution in [-0.2, 0) is 4.79 Å². The van der Waals surface area contributed by atoms with Gasteiger partial charge in [0.05, 0.1) is 11.0 Å². The first-order chi connectivity index (χ1) is 12.7. The second-order valence-corrected chi connectivity index (χ2v) is 7.12. The molecule has 1 aliphatic carbocycles. The van der Waals surface area contributed by atoms with Gasteiger partial charge in [0.15, 0.2) is 0 Å². The molecule has 0 aliphatic heterocycles. The maximum atomic E-state index is 12.5. The highest BCUT2D eigenvalue weighted by molar-refractivity contribution is 5.92. The molecule has 0 atom stereocenters. The molecule has 5 nitrogen and oxygen atoms in total. The molecule has 0 spiro atoms. The van der Waals surface area contributed by atoms with Crippen molar-refractivity contribution in [2.75, 3.05) is 11.1 Å². The average molecular weight is 348 g/mol. The number of nitrogens with one attached hydrogen (secondary N) is 2. The lowest BCUT2D eigenvalue weighted by molar-refractivity contribution is -0.120. The van der Waals surface area contributed by atoms with Crippen LogP contribution >= 0.6 is 0 Å². The second-order valence-electron chi connectivity index (χ2n) is 7.12. The third-order valence-electron chi connectivity index (χ3n) is 5.16. The van der Waals surface area contributed by atoms with Gasteiger partial charge in [0.25, 0.3) is 0 Å². The number of amides is 1. The molecule has 134 valence electrons. The number of aromatic amines is 1. The van der Waals surface area contributed by atoms with Crippen LogP contribution in [0.1, 0.15) is 38.5 Å². The third kappa shape index (κ3) is 3.57. The number of nitrogens with zero attached hydrogens (tertiary/aromatic N) is 1. The van der Waals surface area contributed by atoms with Gasteiger partial charge in [-0.1, -0.05) is 25.7 Å². The number of hydrogen-bond donors (Lipinski definition) is 3. The molecule has 5 heteroatoms. The molecule has 1 heterocycles. The number of hydrogen-bond acceptors (Lipinski definition) is 3. The molecule has 1 amide bonds. The lowest BCUT2D eigenvalue weighted by Crippen LogP contribution is -2.22. The maximum absolute atomic E-state index is 12.5. The van der Waals surface area contributed by atoms with Crippen molar-refractivity contribution in [2.24, 2.45) is 5.92 Å². The summed E-state index contributed by atoms with van der Waals surface area (Å²) in [6, 6.07) is 13.5. The Kier molecular flexibility index (Phi) is 4.61. The number of nitrogens with two attached hydrogens (primary N) is 1. The minimum Gasteiger partial charge on any atom is -0.399 e. The summed E-state index contributed by atoms with van der Waals surface area (Å²) >= 11 is 0. The smallest absolute Gasteiger partial charge is 0.227 e. The van der Waals surface area contributed by atoms with E-state index in [1.807, 2.05) is 42.5 Å². The molecule has 4 N–H and O–H groups in total. The molecule has 26 heavy (non-hydrogen) atoms. The maximum Gasteiger partial charge on any atom is 0.227 e. The fraction of sp³-hybridized carbons (Fsp3) is 0.333. The summed E-state index contributed by atoms with van der Waals surface area (Å²) < 4.78 is 0. The highest BCUT2D eigenvalue weighted by atomic mass is 16.1. The molecule has 0 bridgehead atoms. The molecule has 1 aliphatic rings. The monoisotopic (exact) mass is 348 g/mol. The van der Waals surface area contributed by atoms with E-state index in [2.05, 4.69) is 15.3 Å². The Morgan fingerprint density at radius 1 is 1.04 bits per heavy atom. The molecular formula is C21H24N4O. The van der Waals surface area contributed by atoms with E-state index >= 15 is 0 Å². The number of rotatable bonds is 3. The third-order valence-corrected chi connectivity index (χ3v) is 5.16. The van der Waals surface area contributed by atoms with Gasteiger partial charge in [0, 0.05) is 22.9 Å². The van der Waals surface area contributed by atoms with Gasteiger partial charge in [-0.15, -0.1) is 0 Å². The number of carbonyl (C=O) groups is 1. The molecule has 0 unspecified atom stereocenters. The van der Waals surface area contributed by atoms with Crippen LogP contribution in [0.4, 0.5) is 11.4 Å². The van der Waals surface area contributed by atoms with E-state index < -0.39 is 0 Å². The molecule has 0 radical (unpaired) electrons. The molecular weight excluding hydrogens is 324 g/mol. The van der Waals surface area contributed by atoms with E-state index in [-0.39, 0.29) is 11.8 Å². The Hall–Kier alpha value is -2.82. The highest BCUT2D eigenvalue weighted by Crippen LogP contribution is 2.26. The fourth-order valence-corrected chi connectivity index (χ4v) is 3.66. The van der Waals surface area contributed by atoms with Crippen LogP contribution in [0.2, 0.25) is 0 Å². The van der Waals surface area contributed by atoms with Gasteiger partial charge in [-0.05, 0) is 55.3 Å².